The van der Waals surface area contributed by atoms with Crippen molar-refractivity contribution < 1.29 is 19.1 Å². The summed E-state index contributed by atoms with van der Waals surface area (Å²) in [5.74, 6) is 0.0870. The van der Waals surface area contributed by atoms with Crippen molar-refractivity contribution in [3.05, 3.63) is 24.5 Å². The van der Waals surface area contributed by atoms with E-state index in [0.29, 0.717) is 5.65 Å². The minimum Gasteiger partial charge on any atom is -0.443 e. The smallest absolute Gasteiger partial charge is 0.425 e. The van der Waals surface area contributed by atoms with Gasteiger partial charge in [-0.3, -0.25) is 0 Å². The molecule has 24 heavy (non-hydrogen) atoms. The van der Waals surface area contributed by atoms with Crippen LogP contribution in [0.5, 0.6) is 0 Å². The van der Waals surface area contributed by atoms with Crippen LogP contribution in [0.25, 0.3) is 5.65 Å². The Morgan fingerprint density at radius 3 is 2.04 bits per heavy atom. The average molecular weight is 334 g/mol. The number of nitrogens with zero attached hydrogens (tertiary/aromatic N) is 4. The Bertz CT molecular complexity index is 727. The number of aromatic nitrogens is 3. The number of hydrogen-bond acceptors (Lipinski definition) is 6. The number of fused-ring (bicyclic) bond motifs is 1. The van der Waals surface area contributed by atoms with E-state index in [-0.39, 0.29) is 5.82 Å². The number of ether oxygens (including phenoxy) is 2. The number of carbonyl (C=O) groups is 2. The molecule has 0 bridgehead atoms. The van der Waals surface area contributed by atoms with Crippen molar-refractivity contribution in [2.45, 2.75) is 52.7 Å². The molecule has 0 N–H and O–H groups in total. The van der Waals surface area contributed by atoms with Gasteiger partial charge in [-0.25, -0.2) is 19.1 Å². The van der Waals surface area contributed by atoms with Gasteiger partial charge in [0, 0.05) is 12.4 Å². The molecule has 130 valence electrons. The van der Waals surface area contributed by atoms with Gasteiger partial charge in [0.15, 0.2) is 11.5 Å². The highest BCUT2D eigenvalue weighted by molar-refractivity contribution is 6.08. The van der Waals surface area contributed by atoms with Crippen molar-refractivity contribution in [2.24, 2.45) is 0 Å². The summed E-state index contributed by atoms with van der Waals surface area (Å²) in [4.78, 5) is 29.8. The average Bonchev–Trinajstić information content (AvgIpc) is 2.81. The molecule has 0 saturated carbocycles. The van der Waals surface area contributed by atoms with Gasteiger partial charge in [-0.2, -0.15) is 4.90 Å². The summed E-state index contributed by atoms with van der Waals surface area (Å²) in [5, 5.41) is 4.22. The van der Waals surface area contributed by atoms with E-state index in [9.17, 15) is 9.59 Å². The normalized spacial score (nSPS) is 12.1. The molecule has 2 rings (SSSR count). The quantitative estimate of drug-likeness (QED) is 0.794. The maximum absolute atomic E-state index is 12.5. The van der Waals surface area contributed by atoms with E-state index in [1.165, 1.54) is 10.6 Å². The van der Waals surface area contributed by atoms with Crippen molar-refractivity contribution in [3.63, 3.8) is 0 Å². The second-order valence-corrected chi connectivity index (χ2v) is 7.22. The predicted molar refractivity (Wildman–Crippen MR) is 87.9 cm³/mol. The minimum absolute atomic E-state index is 0.0870. The van der Waals surface area contributed by atoms with Crippen LogP contribution < -0.4 is 4.90 Å². The van der Waals surface area contributed by atoms with Gasteiger partial charge in [0.05, 0.1) is 0 Å². The Morgan fingerprint density at radius 2 is 1.54 bits per heavy atom. The maximum Gasteiger partial charge on any atom is 0.425 e. The number of carbonyl (C=O) groups excluding carboxylic acids is 2. The lowest BCUT2D eigenvalue weighted by molar-refractivity contribution is 0.0428. The Balaban J connectivity index is 2.40. The van der Waals surface area contributed by atoms with Crippen LogP contribution in [-0.4, -0.2) is 38.0 Å². The molecule has 8 nitrogen and oxygen atoms in total. The Labute approximate surface area is 140 Å². The number of hydrogen-bond donors (Lipinski definition) is 0. The largest absolute Gasteiger partial charge is 0.443 e. The number of anilines is 1. The van der Waals surface area contributed by atoms with E-state index in [2.05, 4.69) is 10.1 Å². The zero-order chi connectivity index (χ0) is 18.1. The van der Waals surface area contributed by atoms with E-state index in [1.54, 1.807) is 60.0 Å². The van der Waals surface area contributed by atoms with E-state index < -0.39 is 23.4 Å². The van der Waals surface area contributed by atoms with Crippen LogP contribution >= 0.6 is 0 Å². The second kappa shape index (κ2) is 6.10. The van der Waals surface area contributed by atoms with Gasteiger partial charge in [0.2, 0.25) is 0 Å². The van der Waals surface area contributed by atoms with Gasteiger partial charge >= 0.3 is 12.2 Å². The first-order chi connectivity index (χ1) is 11.0. The van der Waals surface area contributed by atoms with Crippen molar-refractivity contribution in [1.82, 2.24) is 14.6 Å². The summed E-state index contributed by atoms with van der Waals surface area (Å²) in [5.41, 5.74) is -0.945. The summed E-state index contributed by atoms with van der Waals surface area (Å²) < 4.78 is 12.1. The minimum atomic E-state index is -0.858. The zero-order valence-electron chi connectivity index (χ0n) is 14.7. The molecule has 2 aromatic heterocycles. The third kappa shape index (κ3) is 4.43. The number of amides is 2. The summed E-state index contributed by atoms with van der Waals surface area (Å²) in [6.45, 7) is 10.3. The molecule has 0 spiro atoms. The van der Waals surface area contributed by atoms with Crippen molar-refractivity contribution >= 4 is 23.7 Å². The monoisotopic (exact) mass is 334 g/mol. The standard InChI is InChI=1S/C16H22N4O4/c1-15(2,3)23-13(21)20(14(22)24-16(4,5)6)12-8-7-11-17-9-10-19(11)18-12/h7-10H,1-6H3. The Hall–Kier alpha value is -2.64. The third-order valence-electron chi connectivity index (χ3n) is 2.62. The third-order valence-corrected chi connectivity index (χ3v) is 2.62. The molecule has 2 heterocycles. The summed E-state index contributed by atoms with van der Waals surface area (Å²) in [7, 11) is 0. The van der Waals surface area contributed by atoms with Crippen molar-refractivity contribution in [1.29, 1.82) is 0 Å². The molecular formula is C16H22N4O4. The molecule has 2 aromatic rings. The molecular weight excluding hydrogens is 312 g/mol. The number of imide groups is 1. The molecule has 0 aliphatic heterocycles. The molecule has 0 atom stereocenters. The molecule has 8 heteroatoms. The molecule has 0 radical (unpaired) electrons. The van der Waals surface area contributed by atoms with Gasteiger partial charge in [-0.1, -0.05) is 0 Å². The zero-order valence-corrected chi connectivity index (χ0v) is 14.7. The molecule has 2 amide bonds. The van der Waals surface area contributed by atoms with E-state index >= 15 is 0 Å². The molecule has 0 aliphatic rings. The molecule has 0 fully saturated rings. The van der Waals surface area contributed by atoms with Crippen LogP contribution in [0.4, 0.5) is 15.4 Å². The fourth-order valence-corrected chi connectivity index (χ4v) is 1.80. The molecule has 0 aliphatic carbocycles. The van der Waals surface area contributed by atoms with Gasteiger partial charge in [0.25, 0.3) is 0 Å². The lowest BCUT2D eigenvalue weighted by Crippen LogP contribution is -2.44. The Morgan fingerprint density at radius 1 is 1.00 bits per heavy atom. The van der Waals surface area contributed by atoms with Crippen LogP contribution in [-0.2, 0) is 9.47 Å². The molecule has 0 unspecified atom stereocenters. The number of imidazole rings is 1. The number of rotatable bonds is 1. The van der Waals surface area contributed by atoms with Crippen LogP contribution in [0, 0.1) is 0 Å². The Kier molecular flexibility index (Phi) is 4.50. The van der Waals surface area contributed by atoms with Crippen LogP contribution in [0.2, 0.25) is 0 Å². The van der Waals surface area contributed by atoms with Gasteiger partial charge in [-0.15, -0.1) is 5.10 Å². The van der Waals surface area contributed by atoms with E-state index in [4.69, 9.17) is 9.47 Å². The van der Waals surface area contributed by atoms with Gasteiger partial charge in [0.1, 0.15) is 11.2 Å². The predicted octanol–water partition coefficient (Wildman–Crippen LogP) is 3.41. The van der Waals surface area contributed by atoms with Crippen LogP contribution in [0.1, 0.15) is 41.5 Å². The van der Waals surface area contributed by atoms with Crippen molar-refractivity contribution in [2.75, 3.05) is 4.90 Å². The highest BCUT2D eigenvalue weighted by atomic mass is 16.6. The lowest BCUT2D eigenvalue weighted by Gasteiger charge is -2.27. The van der Waals surface area contributed by atoms with Crippen LogP contribution in [0.3, 0.4) is 0 Å². The van der Waals surface area contributed by atoms with E-state index in [1.807, 2.05) is 0 Å². The highest BCUT2D eigenvalue weighted by Crippen LogP contribution is 2.20. The highest BCUT2D eigenvalue weighted by Gasteiger charge is 2.33. The maximum atomic E-state index is 12.5. The first-order valence-corrected chi connectivity index (χ1v) is 7.53. The van der Waals surface area contributed by atoms with E-state index in [0.717, 1.165) is 4.90 Å². The molecule has 0 aromatic carbocycles. The second-order valence-electron chi connectivity index (χ2n) is 7.22. The van der Waals surface area contributed by atoms with Crippen molar-refractivity contribution in [3.8, 4) is 0 Å². The lowest BCUT2D eigenvalue weighted by atomic mass is 10.2. The topological polar surface area (TPSA) is 86.0 Å². The summed E-state index contributed by atoms with van der Waals surface area (Å²) in [6, 6.07) is 3.15. The fraction of sp³-hybridized carbons (Fsp3) is 0.500. The first kappa shape index (κ1) is 17.7. The fourth-order valence-electron chi connectivity index (χ4n) is 1.80. The van der Waals surface area contributed by atoms with Crippen LogP contribution in [0.15, 0.2) is 24.5 Å². The van der Waals surface area contributed by atoms with Gasteiger partial charge < -0.3 is 9.47 Å². The summed E-state index contributed by atoms with van der Waals surface area (Å²) in [6.07, 6.45) is 1.46. The SMILES string of the molecule is CC(C)(C)OC(=O)N(C(=O)OC(C)(C)C)c1ccc2nccn2n1. The molecule has 0 saturated heterocycles. The van der Waals surface area contributed by atoms with Gasteiger partial charge in [-0.05, 0) is 53.7 Å². The summed E-state index contributed by atoms with van der Waals surface area (Å²) >= 11 is 0. The first-order valence-electron chi connectivity index (χ1n) is 7.53.